The molecule has 2 aromatic carbocycles. The number of ether oxygens (including phenoxy) is 1. The minimum atomic E-state index is -0.442. The predicted octanol–water partition coefficient (Wildman–Crippen LogP) is 3.40. The van der Waals surface area contributed by atoms with Gasteiger partial charge < -0.3 is 20.3 Å². The maximum atomic E-state index is 12.9. The van der Waals surface area contributed by atoms with Crippen molar-refractivity contribution in [2.75, 3.05) is 35.8 Å². The van der Waals surface area contributed by atoms with E-state index < -0.39 is 6.03 Å². The average Bonchev–Trinajstić information content (AvgIpc) is 2.63. The first-order valence-electron chi connectivity index (χ1n) is 8.32. The quantitative estimate of drug-likeness (QED) is 0.881. The fourth-order valence-electron chi connectivity index (χ4n) is 2.94. The number of methoxy groups -OCH3 is 1. The van der Waals surface area contributed by atoms with Crippen LogP contribution in [0.5, 0.6) is 0 Å². The van der Waals surface area contributed by atoms with Gasteiger partial charge in [0, 0.05) is 30.7 Å². The number of anilines is 3. The van der Waals surface area contributed by atoms with Gasteiger partial charge in [-0.2, -0.15) is 0 Å². The number of nitrogens with one attached hydrogen (secondary N) is 2. The van der Waals surface area contributed by atoms with Crippen LogP contribution >= 0.6 is 0 Å². The monoisotopic (exact) mass is 357 g/mol. The lowest BCUT2D eigenvalue weighted by Crippen LogP contribution is -2.37. The Kier molecular flexibility index (Phi) is 5.48. The first-order chi connectivity index (χ1) is 12.6. The smallest absolute Gasteiger partial charge is 0.323 e. The van der Waals surface area contributed by atoms with Crippen molar-refractivity contribution in [1.82, 2.24) is 0 Å². The van der Waals surface area contributed by atoms with Crippen molar-refractivity contribution < 1.29 is 18.7 Å². The predicted molar refractivity (Wildman–Crippen MR) is 98.0 cm³/mol. The molecule has 6 nitrogen and oxygen atoms in total. The van der Waals surface area contributed by atoms with Gasteiger partial charge in [-0.3, -0.25) is 4.79 Å². The molecule has 0 saturated carbocycles. The van der Waals surface area contributed by atoms with Crippen LogP contribution in [0.25, 0.3) is 0 Å². The van der Waals surface area contributed by atoms with Crippen molar-refractivity contribution in [2.24, 2.45) is 0 Å². The Labute approximate surface area is 150 Å². The first-order valence-corrected chi connectivity index (χ1v) is 8.32. The SMILES string of the molecule is COCC(=O)N1CCCc2ccc(NC(=O)Nc3ccc(F)cc3)cc21. The van der Waals surface area contributed by atoms with Gasteiger partial charge in [0.25, 0.3) is 5.91 Å². The topological polar surface area (TPSA) is 70.7 Å². The zero-order valence-corrected chi connectivity index (χ0v) is 14.4. The van der Waals surface area contributed by atoms with Crippen LogP contribution in [0.15, 0.2) is 42.5 Å². The zero-order chi connectivity index (χ0) is 18.5. The summed E-state index contributed by atoms with van der Waals surface area (Å²) in [4.78, 5) is 26.1. The standard InChI is InChI=1S/C19H20FN3O3/c1-26-12-18(24)23-10-2-3-13-4-7-16(11-17(13)23)22-19(25)21-15-8-5-14(20)6-9-15/h4-9,11H,2-3,10,12H2,1H3,(H2,21,22,25). The molecule has 1 heterocycles. The maximum absolute atomic E-state index is 12.9. The number of fused-ring (bicyclic) bond motifs is 1. The lowest BCUT2D eigenvalue weighted by atomic mass is 10.0. The van der Waals surface area contributed by atoms with E-state index in [4.69, 9.17) is 4.74 Å². The Morgan fingerprint density at radius 1 is 1.12 bits per heavy atom. The third kappa shape index (κ3) is 4.18. The van der Waals surface area contributed by atoms with Crippen LogP contribution in [-0.2, 0) is 16.0 Å². The highest BCUT2D eigenvalue weighted by Crippen LogP contribution is 2.30. The van der Waals surface area contributed by atoms with Gasteiger partial charge in [-0.05, 0) is 54.8 Å². The third-order valence-corrected chi connectivity index (χ3v) is 4.13. The molecule has 0 radical (unpaired) electrons. The molecule has 1 aliphatic rings. The van der Waals surface area contributed by atoms with E-state index in [0.717, 1.165) is 24.1 Å². The van der Waals surface area contributed by atoms with Crippen LogP contribution in [-0.4, -0.2) is 32.2 Å². The molecule has 0 aromatic heterocycles. The molecule has 2 N–H and O–H groups in total. The van der Waals surface area contributed by atoms with Crippen LogP contribution in [0.3, 0.4) is 0 Å². The second-order valence-corrected chi connectivity index (χ2v) is 6.01. The summed E-state index contributed by atoms with van der Waals surface area (Å²) in [6.07, 6.45) is 1.77. The molecule has 0 atom stereocenters. The Bertz CT molecular complexity index is 808. The Morgan fingerprint density at radius 2 is 1.81 bits per heavy atom. The zero-order valence-electron chi connectivity index (χ0n) is 14.4. The normalized spacial score (nSPS) is 13.1. The fourth-order valence-corrected chi connectivity index (χ4v) is 2.94. The number of halogens is 1. The van der Waals surface area contributed by atoms with Crippen LogP contribution in [0.2, 0.25) is 0 Å². The molecule has 1 aliphatic heterocycles. The Morgan fingerprint density at radius 3 is 2.54 bits per heavy atom. The minimum absolute atomic E-state index is 0.0160. The van der Waals surface area contributed by atoms with Gasteiger partial charge in [0.2, 0.25) is 0 Å². The van der Waals surface area contributed by atoms with E-state index in [9.17, 15) is 14.0 Å². The number of rotatable bonds is 4. The maximum Gasteiger partial charge on any atom is 0.323 e. The first kappa shape index (κ1) is 17.9. The van der Waals surface area contributed by atoms with Gasteiger partial charge >= 0.3 is 6.03 Å². The number of amides is 3. The summed E-state index contributed by atoms with van der Waals surface area (Å²) in [5, 5.41) is 5.37. The molecule has 0 spiro atoms. The van der Waals surface area contributed by atoms with Gasteiger partial charge in [-0.25, -0.2) is 9.18 Å². The summed E-state index contributed by atoms with van der Waals surface area (Å²) in [7, 11) is 1.49. The molecule has 3 amide bonds. The molecule has 26 heavy (non-hydrogen) atoms. The molecule has 0 unspecified atom stereocenters. The van der Waals surface area contributed by atoms with E-state index in [0.29, 0.717) is 17.9 Å². The highest BCUT2D eigenvalue weighted by Gasteiger charge is 2.22. The van der Waals surface area contributed by atoms with E-state index in [1.165, 1.54) is 31.4 Å². The van der Waals surface area contributed by atoms with Crippen molar-refractivity contribution in [3.8, 4) is 0 Å². The highest BCUT2D eigenvalue weighted by molar-refractivity contribution is 6.01. The molecule has 136 valence electrons. The number of urea groups is 1. The minimum Gasteiger partial charge on any atom is -0.375 e. The van der Waals surface area contributed by atoms with E-state index in [-0.39, 0.29) is 18.3 Å². The lowest BCUT2D eigenvalue weighted by Gasteiger charge is -2.29. The van der Waals surface area contributed by atoms with E-state index in [1.807, 2.05) is 6.07 Å². The van der Waals surface area contributed by atoms with E-state index in [2.05, 4.69) is 10.6 Å². The number of nitrogens with zero attached hydrogens (tertiary/aromatic N) is 1. The molecule has 0 aliphatic carbocycles. The number of benzene rings is 2. The van der Waals surface area contributed by atoms with Crippen molar-refractivity contribution in [3.63, 3.8) is 0 Å². The highest BCUT2D eigenvalue weighted by atomic mass is 19.1. The average molecular weight is 357 g/mol. The largest absolute Gasteiger partial charge is 0.375 e. The van der Waals surface area contributed by atoms with Crippen LogP contribution in [0.4, 0.5) is 26.2 Å². The fraction of sp³-hybridized carbons (Fsp3) is 0.263. The van der Waals surface area contributed by atoms with Gasteiger partial charge in [0.1, 0.15) is 12.4 Å². The summed E-state index contributed by atoms with van der Waals surface area (Å²) in [5.41, 5.74) is 2.90. The van der Waals surface area contributed by atoms with Crippen molar-refractivity contribution in [3.05, 3.63) is 53.8 Å². The molecule has 0 fully saturated rings. The van der Waals surface area contributed by atoms with E-state index >= 15 is 0 Å². The lowest BCUT2D eigenvalue weighted by molar-refractivity contribution is -0.122. The van der Waals surface area contributed by atoms with Crippen molar-refractivity contribution in [1.29, 1.82) is 0 Å². The number of hydrogen-bond donors (Lipinski definition) is 2. The van der Waals surface area contributed by atoms with Crippen LogP contribution in [0.1, 0.15) is 12.0 Å². The summed E-state index contributed by atoms with van der Waals surface area (Å²) >= 11 is 0. The van der Waals surface area contributed by atoms with Crippen molar-refractivity contribution in [2.45, 2.75) is 12.8 Å². The van der Waals surface area contributed by atoms with Gasteiger partial charge in [-0.15, -0.1) is 0 Å². The summed E-state index contributed by atoms with van der Waals surface area (Å²) in [6, 6.07) is 10.6. The molecule has 2 aromatic rings. The van der Waals surface area contributed by atoms with Gasteiger partial charge in [0.15, 0.2) is 0 Å². The van der Waals surface area contributed by atoms with Crippen LogP contribution < -0.4 is 15.5 Å². The Hall–Kier alpha value is -2.93. The molecule has 0 saturated heterocycles. The Balaban J connectivity index is 1.73. The van der Waals surface area contributed by atoms with Gasteiger partial charge in [0.05, 0.1) is 0 Å². The molecular formula is C19H20FN3O3. The number of aryl methyl sites for hydroxylation is 1. The summed E-state index contributed by atoms with van der Waals surface area (Å²) < 4.78 is 17.9. The van der Waals surface area contributed by atoms with E-state index in [1.54, 1.807) is 17.0 Å². The second-order valence-electron chi connectivity index (χ2n) is 6.01. The third-order valence-electron chi connectivity index (χ3n) is 4.13. The summed E-state index contributed by atoms with van der Waals surface area (Å²) in [5.74, 6) is -0.479. The van der Waals surface area contributed by atoms with Crippen molar-refractivity contribution >= 4 is 29.0 Å². The van der Waals surface area contributed by atoms with Gasteiger partial charge in [-0.1, -0.05) is 6.07 Å². The second kappa shape index (κ2) is 7.97. The summed E-state index contributed by atoms with van der Waals surface area (Å²) in [6.45, 7) is 0.641. The van der Waals surface area contributed by atoms with Crippen LogP contribution in [0, 0.1) is 5.82 Å². The number of hydrogen-bond acceptors (Lipinski definition) is 3. The molecule has 3 rings (SSSR count). The molecular weight excluding hydrogens is 337 g/mol. The molecule has 7 heteroatoms. The number of carbonyl (C=O) groups excluding carboxylic acids is 2. The molecule has 0 bridgehead atoms. The number of carbonyl (C=O) groups is 2.